The van der Waals surface area contributed by atoms with Gasteiger partial charge in [0.1, 0.15) is 11.6 Å². The van der Waals surface area contributed by atoms with Gasteiger partial charge in [0.2, 0.25) is 0 Å². The second-order valence-corrected chi connectivity index (χ2v) is 7.04. The van der Waals surface area contributed by atoms with Gasteiger partial charge in [-0.1, -0.05) is 29.8 Å². The largest absolute Gasteiger partial charge is 0.482 e. The van der Waals surface area contributed by atoms with E-state index in [0.717, 1.165) is 0 Å². The first-order chi connectivity index (χ1) is 14.0. The number of amides is 2. The van der Waals surface area contributed by atoms with E-state index in [2.05, 4.69) is 15.8 Å². The van der Waals surface area contributed by atoms with E-state index in [-0.39, 0.29) is 29.0 Å². The Hall–Kier alpha value is -3.23. The molecule has 6 nitrogen and oxygen atoms in total. The Bertz CT molecular complexity index is 1040. The van der Waals surface area contributed by atoms with E-state index in [0.29, 0.717) is 10.4 Å². The molecule has 0 atom stereocenters. The molecule has 0 radical (unpaired) electrons. The van der Waals surface area contributed by atoms with Crippen LogP contribution in [0.15, 0.2) is 65.1 Å². The number of nitrogens with zero attached hydrogens (tertiary/aromatic N) is 1. The van der Waals surface area contributed by atoms with Crippen molar-refractivity contribution < 1.29 is 18.7 Å². The van der Waals surface area contributed by atoms with E-state index >= 15 is 0 Å². The molecule has 0 saturated carbocycles. The van der Waals surface area contributed by atoms with Crippen molar-refractivity contribution in [2.75, 3.05) is 11.9 Å². The first-order valence-electron chi connectivity index (χ1n) is 8.36. The van der Waals surface area contributed by atoms with Crippen molar-refractivity contribution in [2.45, 2.75) is 0 Å². The summed E-state index contributed by atoms with van der Waals surface area (Å²) in [6.07, 6.45) is 1.44. The minimum Gasteiger partial charge on any atom is -0.482 e. The number of carbonyl (C=O) groups excluding carboxylic acids is 2. The van der Waals surface area contributed by atoms with Crippen molar-refractivity contribution >= 4 is 46.7 Å². The molecule has 0 fully saturated rings. The van der Waals surface area contributed by atoms with Crippen molar-refractivity contribution in [3.8, 4) is 5.75 Å². The summed E-state index contributed by atoms with van der Waals surface area (Å²) in [5.41, 5.74) is 3.12. The SMILES string of the molecule is O=C(COc1ccc(C=NNC(=O)c2cccs2)cc1Cl)Nc1ccccc1F. The zero-order valence-electron chi connectivity index (χ0n) is 14.9. The summed E-state index contributed by atoms with van der Waals surface area (Å²) in [6, 6.07) is 14.1. The van der Waals surface area contributed by atoms with Crippen LogP contribution in [0.4, 0.5) is 10.1 Å². The Kier molecular flexibility index (Phi) is 6.94. The van der Waals surface area contributed by atoms with Gasteiger partial charge in [-0.25, -0.2) is 9.82 Å². The van der Waals surface area contributed by atoms with Gasteiger partial charge >= 0.3 is 0 Å². The normalized spacial score (nSPS) is 10.7. The predicted molar refractivity (Wildman–Crippen MR) is 111 cm³/mol. The summed E-state index contributed by atoms with van der Waals surface area (Å²) in [5.74, 6) is -1.07. The zero-order chi connectivity index (χ0) is 20.6. The fraction of sp³-hybridized carbons (Fsp3) is 0.0500. The molecule has 3 rings (SSSR count). The van der Waals surface area contributed by atoms with Crippen LogP contribution in [0.1, 0.15) is 15.2 Å². The molecule has 2 N–H and O–H groups in total. The maximum Gasteiger partial charge on any atom is 0.281 e. The van der Waals surface area contributed by atoms with E-state index < -0.39 is 11.7 Å². The fourth-order valence-electron chi connectivity index (χ4n) is 2.23. The highest BCUT2D eigenvalue weighted by molar-refractivity contribution is 7.12. The number of nitrogens with one attached hydrogen (secondary N) is 2. The third-order valence-electron chi connectivity index (χ3n) is 3.59. The minimum absolute atomic E-state index is 0.0725. The number of rotatable bonds is 7. The first-order valence-corrected chi connectivity index (χ1v) is 9.62. The molecular weight excluding hydrogens is 417 g/mol. The molecule has 0 aliphatic heterocycles. The van der Waals surface area contributed by atoms with Gasteiger partial charge in [0, 0.05) is 0 Å². The molecule has 2 amide bonds. The minimum atomic E-state index is -0.534. The summed E-state index contributed by atoms with van der Waals surface area (Å²) < 4.78 is 18.9. The number of thiophene rings is 1. The highest BCUT2D eigenvalue weighted by Crippen LogP contribution is 2.25. The topological polar surface area (TPSA) is 79.8 Å². The van der Waals surface area contributed by atoms with E-state index in [4.69, 9.17) is 16.3 Å². The smallest absolute Gasteiger partial charge is 0.281 e. The lowest BCUT2D eigenvalue weighted by atomic mass is 10.2. The van der Waals surface area contributed by atoms with Gasteiger partial charge in [-0.2, -0.15) is 5.10 Å². The molecule has 0 bridgehead atoms. The molecule has 3 aromatic rings. The fourth-order valence-corrected chi connectivity index (χ4v) is 3.09. The van der Waals surface area contributed by atoms with Crippen LogP contribution in [0.25, 0.3) is 0 Å². The van der Waals surface area contributed by atoms with Crippen molar-refractivity contribution in [3.05, 3.63) is 81.3 Å². The van der Waals surface area contributed by atoms with Crippen molar-refractivity contribution in [3.63, 3.8) is 0 Å². The Labute approximate surface area is 175 Å². The molecule has 0 spiro atoms. The molecule has 0 unspecified atom stereocenters. The molecule has 1 aromatic heterocycles. The van der Waals surface area contributed by atoms with Crippen LogP contribution < -0.4 is 15.5 Å². The van der Waals surface area contributed by atoms with Crippen molar-refractivity contribution in [1.29, 1.82) is 0 Å². The van der Waals surface area contributed by atoms with Gasteiger partial charge in [-0.3, -0.25) is 9.59 Å². The van der Waals surface area contributed by atoms with Crippen LogP contribution in [0.2, 0.25) is 5.02 Å². The predicted octanol–water partition coefficient (Wildman–Crippen LogP) is 4.32. The molecular formula is C20H15ClFN3O3S. The molecule has 148 valence electrons. The number of benzene rings is 2. The van der Waals surface area contributed by atoms with Crippen LogP contribution in [-0.4, -0.2) is 24.6 Å². The van der Waals surface area contributed by atoms with E-state index in [9.17, 15) is 14.0 Å². The molecule has 29 heavy (non-hydrogen) atoms. The average molecular weight is 432 g/mol. The highest BCUT2D eigenvalue weighted by Gasteiger charge is 2.09. The third-order valence-corrected chi connectivity index (χ3v) is 4.75. The van der Waals surface area contributed by atoms with Crippen LogP contribution in [0.3, 0.4) is 0 Å². The maximum atomic E-state index is 13.5. The van der Waals surface area contributed by atoms with Crippen molar-refractivity contribution in [1.82, 2.24) is 5.43 Å². The highest BCUT2D eigenvalue weighted by atomic mass is 35.5. The summed E-state index contributed by atoms with van der Waals surface area (Å²) in [4.78, 5) is 24.3. The molecule has 1 heterocycles. The summed E-state index contributed by atoms with van der Waals surface area (Å²) in [6.45, 7) is -0.335. The van der Waals surface area contributed by atoms with E-state index in [1.54, 1.807) is 41.8 Å². The second kappa shape index (κ2) is 9.81. The quantitative estimate of drug-likeness (QED) is 0.432. The first kappa shape index (κ1) is 20.5. The van der Waals surface area contributed by atoms with Gasteiger partial charge < -0.3 is 10.1 Å². The number of halogens is 2. The molecule has 2 aromatic carbocycles. The zero-order valence-corrected chi connectivity index (χ0v) is 16.5. The number of hydrazone groups is 1. The number of hydrogen-bond donors (Lipinski definition) is 2. The van der Waals surface area contributed by atoms with Gasteiger partial charge in [-0.05, 0) is 47.3 Å². The molecule has 9 heteroatoms. The van der Waals surface area contributed by atoms with Gasteiger partial charge in [0.05, 0.1) is 21.8 Å². The Morgan fingerprint density at radius 1 is 1.17 bits per heavy atom. The number of hydrogen-bond acceptors (Lipinski definition) is 5. The van der Waals surface area contributed by atoms with Gasteiger partial charge in [0.15, 0.2) is 6.61 Å². The summed E-state index contributed by atoms with van der Waals surface area (Å²) in [7, 11) is 0. The van der Waals surface area contributed by atoms with Gasteiger partial charge in [-0.15, -0.1) is 11.3 Å². The van der Waals surface area contributed by atoms with E-state index in [1.165, 1.54) is 35.8 Å². The summed E-state index contributed by atoms with van der Waals surface area (Å²) in [5, 5.41) is 8.36. The Balaban J connectivity index is 1.52. The van der Waals surface area contributed by atoms with E-state index in [1.807, 2.05) is 0 Å². The van der Waals surface area contributed by atoms with Crippen LogP contribution in [0, 0.1) is 5.82 Å². The number of ether oxygens (including phenoxy) is 1. The summed E-state index contributed by atoms with van der Waals surface area (Å²) >= 11 is 7.47. The van der Waals surface area contributed by atoms with Crippen molar-refractivity contribution in [2.24, 2.45) is 5.10 Å². The second-order valence-electron chi connectivity index (χ2n) is 5.68. The molecule has 0 aliphatic rings. The lowest BCUT2D eigenvalue weighted by Crippen LogP contribution is -2.20. The molecule has 0 saturated heterocycles. The Morgan fingerprint density at radius 2 is 2.00 bits per heavy atom. The monoisotopic (exact) mass is 431 g/mol. The van der Waals surface area contributed by atoms with Crippen LogP contribution in [-0.2, 0) is 4.79 Å². The number of anilines is 1. The average Bonchev–Trinajstić information content (AvgIpc) is 3.24. The number of carbonyl (C=O) groups is 2. The molecule has 0 aliphatic carbocycles. The van der Waals surface area contributed by atoms with Gasteiger partial charge in [0.25, 0.3) is 11.8 Å². The maximum absolute atomic E-state index is 13.5. The van der Waals surface area contributed by atoms with Crippen LogP contribution in [0.5, 0.6) is 5.75 Å². The lowest BCUT2D eigenvalue weighted by Gasteiger charge is -2.09. The third kappa shape index (κ3) is 5.87. The standard InChI is InChI=1S/C20H15ClFN3O3S/c21-14-10-13(11-23-25-20(27)18-6-3-9-29-18)7-8-17(14)28-12-19(26)24-16-5-2-1-4-15(16)22/h1-11H,12H2,(H,24,26)(H,25,27). The Morgan fingerprint density at radius 3 is 2.72 bits per heavy atom. The number of para-hydroxylation sites is 1. The lowest BCUT2D eigenvalue weighted by molar-refractivity contribution is -0.118. The van der Waals surface area contributed by atoms with Crippen LogP contribution >= 0.6 is 22.9 Å².